The van der Waals surface area contributed by atoms with Gasteiger partial charge in [0.1, 0.15) is 0 Å². The lowest BCUT2D eigenvalue weighted by atomic mass is 10.2. The van der Waals surface area contributed by atoms with Crippen LogP contribution in [0.1, 0.15) is 10.4 Å². The van der Waals surface area contributed by atoms with Crippen molar-refractivity contribution in [2.24, 2.45) is 5.73 Å². The third-order valence-corrected chi connectivity index (χ3v) is 1.34. The molecule has 1 aromatic rings. The topological polar surface area (TPSA) is 55.1 Å². The Hall–Kier alpha value is -1.56. The summed E-state index contributed by atoms with van der Waals surface area (Å²) >= 11 is 0. The van der Waals surface area contributed by atoms with E-state index in [2.05, 4.69) is 0 Å². The Kier molecular flexibility index (Phi) is 5.40. The van der Waals surface area contributed by atoms with Crippen molar-refractivity contribution >= 4 is 5.91 Å². The highest BCUT2D eigenvalue weighted by atomic mass is 19.4. The Morgan fingerprint density at radius 3 is 1.87 bits per heavy atom. The molecular weight excluding hydrogens is 209 g/mol. The zero-order chi connectivity index (χ0) is 11.9. The molecule has 0 saturated carbocycles. The maximum absolute atomic E-state index is 10.7. The summed E-state index contributed by atoms with van der Waals surface area (Å²) in [6.45, 7) is 0. The van der Waals surface area contributed by atoms with Crippen LogP contribution in [0.15, 0.2) is 30.3 Å². The molecule has 1 aromatic carbocycles. The molecule has 0 aromatic heterocycles. The van der Waals surface area contributed by atoms with Gasteiger partial charge in [0.2, 0.25) is 5.91 Å². The summed E-state index contributed by atoms with van der Waals surface area (Å²) in [4.78, 5) is 10.4. The molecule has 6 heteroatoms. The zero-order valence-corrected chi connectivity index (χ0v) is 8.01. The second-order valence-electron chi connectivity index (χ2n) is 2.48. The fourth-order valence-electron chi connectivity index (χ4n) is 0.602. The smallest absolute Gasteiger partial charge is 0.366 e. The molecule has 0 fully saturated rings. The zero-order valence-electron chi connectivity index (χ0n) is 8.01. The predicted octanol–water partition coefficient (Wildman–Crippen LogP) is 1.51. The molecule has 0 unspecified atom stereocenters. The molecule has 0 aliphatic heterocycles. The van der Waals surface area contributed by atoms with Gasteiger partial charge < -0.3 is 5.73 Å². The van der Waals surface area contributed by atoms with Crippen molar-refractivity contribution in [3.8, 4) is 0 Å². The van der Waals surface area contributed by atoms with E-state index in [-0.39, 0.29) is 5.91 Å². The second kappa shape index (κ2) is 6.02. The van der Waals surface area contributed by atoms with Gasteiger partial charge in [-0.3, -0.25) is 4.79 Å². The molecule has 3 N–H and O–H groups in total. The Labute approximate surface area is 85.1 Å². The Morgan fingerprint density at radius 1 is 1.27 bits per heavy atom. The van der Waals surface area contributed by atoms with Crippen molar-refractivity contribution in [1.29, 1.82) is 0 Å². The minimum atomic E-state index is -4.21. The first-order valence-corrected chi connectivity index (χ1v) is 3.97. The number of carbonyl (C=O) groups is 1. The molecule has 1 amide bonds. The maximum Gasteiger partial charge on any atom is 0.457 e. The minimum absolute atomic E-state index is 0.379. The van der Waals surface area contributed by atoms with Crippen molar-refractivity contribution in [2.75, 3.05) is 7.05 Å². The molecule has 0 bridgehead atoms. The lowest BCUT2D eigenvalue weighted by Gasteiger charge is -1.98. The van der Waals surface area contributed by atoms with Gasteiger partial charge in [-0.25, -0.2) is 5.32 Å². The number of rotatable bonds is 1. The van der Waals surface area contributed by atoms with Gasteiger partial charge in [0, 0.05) is 5.56 Å². The van der Waals surface area contributed by atoms with Crippen molar-refractivity contribution in [3.05, 3.63) is 35.9 Å². The number of primary amides is 1. The Bertz CT molecular complexity index is 298. The lowest BCUT2D eigenvalue weighted by Crippen LogP contribution is -2.26. The molecular formula is C9H11F3N2O. The highest BCUT2D eigenvalue weighted by Crippen LogP contribution is 2.06. The van der Waals surface area contributed by atoms with E-state index in [0.717, 1.165) is 12.4 Å². The number of alkyl halides is 3. The van der Waals surface area contributed by atoms with Gasteiger partial charge >= 0.3 is 6.30 Å². The van der Waals surface area contributed by atoms with Gasteiger partial charge in [0.05, 0.1) is 0 Å². The van der Waals surface area contributed by atoms with E-state index in [9.17, 15) is 18.0 Å². The van der Waals surface area contributed by atoms with Crippen molar-refractivity contribution in [3.63, 3.8) is 0 Å². The van der Waals surface area contributed by atoms with Gasteiger partial charge in [-0.2, -0.15) is 13.2 Å². The van der Waals surface area contributed by atoms with E-state index in [4.69, 9.17) is 5.73 Å². The summed E-state index contributed by atoms with van der Waals surface area (Å²) in [5.74, 6) is -0.379. The monoisotopic (exact) mass is 220 g/mol. The third kappa shape index (κ3) is 7.51. The molecule has 0 aliphatic carbocycles. The first-order valence-electron chi connectivity index (χ1n) is 3.97. The molecule has 3 nitrogen and oxygen atoms in total. The van der Waals surface area contributed by atoms with E-state index in [1.807, 2.05) is 6.07 Å². The Balaban J connectivity index is 0.000000288. The number of nitrogens with one attached hydrogen (secondary N) is 1. The summed E-state index contributed by atoms with van der Waals surface area (Å²) in [5, 5.41) is 1.10. The number of carbonyl (C=O) groups excluding carboxylic acids is 1. The number of hydrogen-bond donors (Lipinski definition) is 2. The van der Waals surface area contributed by atoms with Gasteiger partial charge in [0.25, 0.3) is 0 Å². The standard InChI is InChI=1S/C7H7NO.C2H4F3N/c8-7(9)6-4-2-1-3-5-6;1-6-2(3,4)5/h1-5H,(H2,8,9);6H,1H3. The van der Waals surface area contributed by atoms with Crippen LogP contribution in [0.2, 0.25) is 0 Å². The molecule has 0 heterocycles. The van der Waals surface area contributed by atoms with Crippen molar-refractivity contribution in [1.82, 2.24) is 5.32 Å². The minimum Gasteiger partial charge on any atom is -0.366 e. The van der Waals surface area contributed by atoms with Gasteiger partial charge in [-0.15, -0.1) is 0 Å². The van der Waals surface area contributed by atoms with E-state index in [1.165, 1.54) is 0 Å². The first kappa shape index (κ1) is 13.4. The number of amides is 1. The van der Waals surface area contributed by atoms with Crippen LogP contribution >= 0.6 is 0 Å². The van der Waals surface area contributed by atoms with Crippen LogP contribution in [0, 0.1) is 0 Å². The molecule has 0 radical (unpaired) electrons. The quantitative estimate of drug-likeness (QED) is 0.705. The molecule has 0 saturated heterocycles. The van der Waals surface area contributed by atoms with Gasteiger partial charge in [0.15, 0.2) is 0 Å². The van der Waals surface area contributed by atoms with Crippen LogP contribution in [0.25, 0.3) is 0 Å². The van der Waals surface area contributed by atoms with Crippen LogP contribution < -0.4 is 11.1 Å². The third-order valence-electron chi connectivity index (χ3n) is 1.34. The van der Waals surface area contributed by atoms with Gasteiger partial charge in [-0.1, -0.05) is 18.2 Å². The predicted molar refractivity (Wildman–Crippen MR) is 50.1 cm³/mol. The maximum atomic E-state index is 10.7. The molecule has 1 rings (SSSR count). The average Bonchev–Trinajstić information content (AvgIpc) is 2.19. The SMILES string of the molecule is CNC(F)(F)F.NC(=O)c1ccccc1. The average molecular weight is 220 g/mol. The van der Waals surface area contributed by atoms with Crippen LogP contribution in [0.4, 0.5) is 13.2 Å². The summed E-state index contributed by atoms with van der Waals surface area (Å²) in [6, 6.07) is 8.76. The molecule has 0 atom stereocenters. The highest BCUT2D eigenvalue weighted by molar-refractivity contribution is 5.92. The molecule has 15 heavy (non-hydrogen) atoms. The summed E-state index contributed by atoms with van der Waals surface area (Å²) < 4.78 is 32.0. The number of halogens is 3. The first-order chi connectivity index (χ1) is 6.87. The van der Waals surface area contributed by atoms with Gasteiger partial charge in [-0.05, 0) is 19.2 Å². The normalized spacial score (nSPS) is 10.1. The van der Waals surface area contributed by atoms with Crippen LogP contribution in [-0.2, 0) is 0 Å². The highest BCUT2D eigenvalue weighted by Gasteiger charge is 2.22. The van der Waals surface area contributed by atoms with Crippen molar-refractivity contribution < 1.29 is 18.0 Å². The largest absolute Gasteiger partial charge is 0.457 e. The van der Waals surface area contributed by atoms with E-state index >= 15 is 0 Å². The summed E-state index contributed by atoms with van der Waals surface area (Å²) in [6.07, 6.45) is -4.21. The summed E-state index contributed by atoms with van der Waals surface area (Å²) in [5.41, 5.74) is 5.53. The lowest BCUT2D eigenvalue weighted by molar-refractivity contribution is -0.151. The molecule has 0 aliphatic rings. The van der Waals surface area contributed by atoms with Crippen LogP contribution in [0.5, 0.6) is 0 Å². The fourth-order valence-corrected chi connectivity index (χ4v) is 0.602. The molecule has 84 valence electrons. The second-order valence-corrected chi connectivity index (χ2v) is 2.48. The molecule has 0 spiro atoms. The van der Waals surface area contributed by atoms with Crippen LogP contribution in [-0.4, -0.2) is 19.3 Å². The van der Waals surface area contributed by atoms with Crippen LogP contribution in [0.3, 0.4) is 0 Å². The fraction of sp³-hybridized carbons (Fsp3) is 0.222. The van der Waals surface area contributed by atoms with Crippen molar-refractivity contribution in [2.45, 2.75) is 6.30 Å². The van der Waals surface area contributed by atoms with E-state index in [0.29, 0.717) is 5.56 Å². The number of nitrogens with two attached hydrogens (primary N) is 1. The summed E-state index contributed by atoms with van der Waals surface area (Å²) in [7, 11) is 0.833. The Morgan fingerprint density at radius 2 is 1.67 bits per heavy atom. The van der Waals surface area contributed by atoms with E-state index < -0.39 is 6.30 Å². The van der Waals surface area contributed by atoms with E-state index in [1.54, 1.807) is 24.3 Å². The number of hydrogen-bond acceptors (Lipinski definition) is 2. The number of benzene rings is 1.